The molecule has 124 valence electrons. The van der Waals surface area contributed by atoms with Gasteiger partial charge in [-0.2, -0.15) is 4.99 Å². The van der Waals surface area contributed by atoms with Gasteiger partial charge in [0.1, 0.15) is 0 Å². The molecule has 1 aromatic carbocycles. The summed E-state index contributed by atoms with van der Waals surface area (Å²) in [7, 11) is -3.02. The van der Waals surface area contributed by atoms with Crippen molar-refractivity contribution in [3.8, 4) is 0 Å². The maximum Gasteiger partial charge on any atom is 0.248 e. The Hall–Kier alpha value is -1.34. The monoisotopic (exact) mass is 352 g/mol. The van der Waals surface area contributed by atoms with Gasteiger partial charge in [0.05, 0.1) is 17.5 Å². The van der Waals surface area contributed by atoms with Crippen LogP contribution in [0.4, 0.5) is 5.69 Å². The van der Waals surface area contributed by atoms with Gasteiger partial charge in [0.25, 0.3) is 0 Å². The zero-order valence-electron chi connectivity index (χ0n) is 13.2. The van der Waals surface area contributed by atoms with E-state index in [9.17, 15) is 13.2 Å². The van der Waals surface area contributed by atoms with Crippen LogP contribution in [0.25, 0.3) is 0 Å². The summed E-state index contributed by atoms with van der Waals surface area (Å²) in [5, 5.41) is 0.590. The SMILES string of the molecule is CCCC(=O)N=C1SC2CS(=O)(=O)CC2N1c1ccc(C)cc1. The minimum atomic E-state index is -3.02. The van der Waals surface area contributed by atoms with Crippen LogP contribution >= 0.6 is 11.8 Å². The van der Waals surface area contributed by atoms with Crippen molar-refractivity contribution in [3.05, 3.63) is 29.8 Å². The molecule has 2 fully saturated rings. The number of rotatable bonds is 3. The highest BCUT2D eigenvalue weighted by Gasteiger charge is 2.49. The fourth-order valence-electron chi connectivity index (χ4n) is 2.95. The number of sulfone groups is 1. The Morgan fingerprint density at radius 3 is 2.65 bits per heavy atom. The topological polar surface area (TPSA) is 66.8 Å². The molecular formula is C16H20N2O3S2. The molecule has 23 heavy (non-hydrogen) atoms. The van der Waals surface area contributed by atoms with Gasteiger partial charge in [-0.05, 0) is 25.5 Å². The van der Waals surface area contributed by atoms with Gasteiger partial charge in [-0.1, -0.05) is 36.4 Å². The summed E-state index contributed by atoms with van der Waals surface area (Å²) in [6, 6.07) is 7.76. The van der Waals surface area contributed by atoms with E-state index < -0.39 is 9.84 Å². The van der Waals surface area contributed by atoms with Gasteiger partial charge in [0, 0.05) is 17.4 Å². The number of thioether (sulfide) groups is 1. The van der Waals surface area contributed by atoms with Gasteiger partial charge in [-0.15, -0.1) is 0 Å². The van der Waals surface area contributed by atoms with Crippen LogP contribution in [0.1, 0.15) is 25.3 Å². The summed E-state index contributed by atoms with van der Waals surface area (Å²) in [6.07, 6.45) is 1.17. The zero-order valence-corrected chi connectivity index (χ0v) is 14.9. The fraction of sp³-hybridized carbons (Fsp3) is 0.500. The van der Waals surface area contributed by atoms with E-state index in [1.54, 1.807) is 0 Å². The van der Waals surface area contributed by atoms with Crippen molar-refractivity contribution in [1.82, 2.24) is 0 Å². The normalized spacial score (nSPS) is 27.4. The van der Waals surface area contributed by atoms with Crippen molar-refractivity contribution in [1.29, 1.82) is 0 Å². The lowest BCUT2D eigenvalue weighted by Gasteiger charge is -2.24. The lowest BCUT2D eigenvalue weighted by atomic mass is 10.1. The number of fused-ring (bicyclic) bond motifs is 1. The van der Waals surface area contributed by atoms with Crippen LogP contribution in [0.2, 0.25) is 0 Å². The molecule has 2 heterocycles. The first-order valence-corrected chi connectivity index (χ1v) is 10.4. The third kappa shape index (κ3) is 3.45. The van der Waals surface area contributed by atoms with Gasteiger partial charge < -0.3 is 4.90 Å². The number of carbonyl (C=O) groups excluding carboxylic acids is 1. The van der Waals surface area contributed by atoms with Crippen molar-refractivity contribution >= 4 is 38.4 Å². The maximum atomic E-state index is 12.0. The van der Waals surface area contributed by atoms with Crippen molar-refractivity contribution < 1.29 is 13.2 Å². The quantitative estimate of drug-likeness (QED) is 0.836. The Morgan fingerprint density at radius 2 is 2.00 bits per heavy atom. The summed E-state index contributed by atoms with van der Waals surface area (Å²) in [5.74, 6) is 0.139. The van der Waals surface area contributed by atoms with Gasteiger partial charge >= 0.3 is 0 Å². The highest BCUT2D eigenvalue weighted by Crippen LogP contribution is 2.41. The Labute approximate surface area is 141 Å². The van der Waals surface area contributed by atoms with Gasteiger partial charge in [0.15, 0.2) is 15.0 Å². The third-order valence-electron chi connectivity index (χ3n) is 4.06. The first-order valence-electron chi connectivity index (χ1n) is 7.74. The molecule has 0 aliphatic carbocycles. The predicted octanol–water partition coefficient (Wildman–Crippen LogP) is 2.40. The van der Waals surface area contributed by atoms with E-state index in [1.807, 2.05) is 43.0 Å². The number of aryl methyl sites for hydroxylation is 1. The van der Waals surface area contributed by atoms with Crippen LogP contribution in [-0.4, -0.2) is 42.3 Å². The summed E-state index contributed by atoms with van der Waals surface area (Å²) in [5.41, 5.74) is 2.03. The first-order chi connectivity index (χ1) is 10.9. The van der Waals surface area contributed by atoms with Crippen molar-refractivity contribution in [2.24, 2.45) is 4.99 Å². The molecular weight excluding hydrogens is 332 g/mol. The van der Waals surface area contributed by atoms with E-state index in [2.05, 4.69) is 4.99 Å². The number of amides is 1. The number of anilines is 1. The van der Waals surface area contributed by atoms with Gasteiger partial charge in [-0.3, -0.25) is 4.79 Å². The Morgan fingerprint density at radius 1 is 1.30 bits per heavy atom. The molecule has 0 radical (unpaired) electrons. The maximum absolute atomic E-state index is 12.0. The Bertz CT molecular complexity index is 741. The van der Waals surface area contributed by atoms with E-state index in [-0.39, 0.29) is 28.7 Å². The van der Waals surface area contributed by atoms with Crippen molar-refractivity contribution in [2.75, 3.05) is 16.4 Å². The number of aliphatic imine (C=N–C) groups is 1. The minimum Gasteiger partial charge on any atom is -0.316 e. The standard InChI is InChI=1S/C16H20N2O3S2/c1-3-4-15(19)17-16-18(12-7-5-11(2)6-8-12)13-9-23(20,21)10-14(13)22-16/h5-8,13-14H,3-4,9-10H2,1-2H3. The number of carbonyl (C=O) groups is 1. The molecule has 0 N–H and O–H groups in total. The van der Waals surface area contributed by atoms with E-state index in [1.165, 1.54) is 11.8 Å². The van der Waals surface area contributed by atoms with Gasteiger partial charge in [0.2, 0.25) is 5.91 Å². The molecule has 7 heteroatoms. The molecule has 0 saturated carbocycles. The van der Waals surface area contributed by atoms with Gasteiger partial charge in [-0.25, -0.2) is 8.42 Å². The molecule has 0 aromatic heterocycles. The largest absolute Gasteiger partial charge is 0.316 e. The van der Waals surface area contributed by atoms with Crippen LogP contribution in [0.3, 0.4) is 0 Å². The molecule has 2 atom stereocenters. The molecule has 2 saturated heterocycles. The second-order valence-electron chi connectivity index (χ2n) is 6.04. The summed E-state index contributed by atoms with van der Waals surface area (Å²) in [6.45, 7) is 3.95. The molecule has 3 rings (SSSR count). The fourth-order valence-corrected chi connectivity index (χ4v) is 6.88. The zero-order chi connectivity index (χ0) is 16.6. The minimum absolute atomic E-state index is 0.0468. The molecule has 0 bridgehead atoms. The summed E-state index contributed by atoms with van der Waals surface area (Å²) < 4.78 is 23.9. The van der Waals surface area contributed by atoms with E-state index in [0.29, 0.717) is 11.6 Å². The molecule has 2 unspecified atom stereocenters. The summed E-state index contributed by atoms with van der Waals surface area (Å²) in [4.78, 5) is 18.1. The van der Waals surface area contributed by atoms with Crippen LogP contribution < -0.4 is 4.90 Å². The number of hydrogen-bond acceptors (Lipinski definition) is 4. The number of benzene rings is 1. The first kappa shape index (κ1) is 16.5. The second-order valence-corrected chi connectivity index (χ2v) is 9.40. The molecule has 0 spiro atoms. The Kier molecular flexibility index (Phi) is 4.51. The third-order valence-corrected chi connectivity index (χ3v) is 7.27. The number of amidine groups is 1. The lowest BCUT2D eigenvalue weighted by Crippen LogP contribution is -2.37. The highest BCUT2D eigenvalue weighted by atomic mass is 32.2. The molecule has 5 nitrogen and oxygen atoms in total. The highest BCUT2D eigenvalue weighted by molar-refractivity contribution is 8.16. The van der Waals surface area contributed by atoms with Crippen LogP contribution in [0, 0.1) is 6.92 Å². The Balaban J connectivity index is 1.97. The molecule has 1 amide bonds. The average molecular weight is 352 g/mol. The molecule has 2 aliphatic rings. The van der Waals surface area contributed by atoms with Crippen molar-refractivity contribution in [3.63, 3.8) is 0 Å². The van der Waals surface area contributed by atoms with E-state index in [4.69, 9.17) is 0 Å². The summed E-state index contributed by atoms with van der Waals surface area (Å²) >= 11 is 1.42. The smallest absolute Gasteiger partial charge is 0.248 e. The van der Waals surface area contributed by atoms with E-state index in [0.717, 1.165) is 17.7 Å². The molecule has 2 aliphatic heterocycles. The predicted molar refractivity (Wildman–Crippen MR) is 94.8 cm³/mol. The van der Waals surface area contributed by atoms with Crippen LogP contribution in [0.15, 0.2) is 29.3 Å². The van der Waals surface area contributed by atoms with Crippen LogP contribution in [0.5, 0.6) is 0 Å². The van der Waals surface area contributed by atoms with E-state index >= 15 is 0 Å². The number of nitrogens with zero attached hydrogens (tertiary/aromatic N) is 2. The number of hydrogen-bond donors (Lipinski definition) is 0. The van der Waals surface area contributed by atoms with Crippen molar-refractivity contribution in [2.45, 2.75) is 38.0 Å². The van der Waals surface area contributed by atoms with Crippen LogP contribution in [-0.2, 0) is 14.6 Å². The average Bonchev–Trinajstić information content (AvgIpc) is 2.91. The lowest BCUT2D eigenvalue weighted by molar-refractivity contribution is -0.117. The second kappa shape index (κ2) is 6.28. The molecule has 1 aromatic rings.